The normalized spacial score (nSPS) is 12.0. The first-order valence-electron chi connectivity index (χ1n) is 7.05. The van der Waals surface area contributed by atoms with E-state index in [1.807, 2.05) is 0 Å². The van der Waals surface area contributed by atoms with Crippen molar-refractivity contribution in [3.8, 4) is 0 Å². The van der Waals surface area contributed by atoms with Crippen molar-refractivity contribution in [1.29, 1.82) is 0 Å². The van der Waals surface area contributed by atoms with E-state index in [-0.39, 0.29) is 23.4 Å². The second-order valence-corrected chi connectivity index (χ2v) is 4.84. The molecule has 6 nitrogen and oxygen atoms in total. The largest absolute Gasteiger partial charge is 0.477 e. The number of nitrogens with zero attached hydrogens (tertiary/aromatic N) is 1. The van der Waals surface area contributed by atoms with Crippen LogP contribution in [0.3, 0.4) is 0 Å². The number of pyridine rings is 1. The van der Waals surface area contributed by atoms with Crippen LogP contribution in [0.2, 0.25) is 0 Å². The van der Waals surface area contributed by atoms with E-state index in [1.165, 1.54) is 24.6 Å². The van der Waals surface area contributed by atoms with Gasteiger partial charge in [-0.3, -0.25) is 4.79 Å². The minimum atomic E-state index is -1.42. The van der Waals surface area contributed by atoms with Gasteiger partial charge in [-0.2, -0.15) is 0 Å². The van der Waals surface area contributed by atoms with Crippen LogP contribution < -0.4 is 5.43 Å². The van der Waals surface area contributed by atoms with Crippen LogP contribution in [0.1, 0.15) is 40.3 Å². The first-order valence-corrected chi connectivity index (χ1v) is 7.05. The molecule has 0 amide bonds. The molecule has 24 heavy (non-hydrogen) atoms. The number of rotatable bonds is 6. The molecular weight excluding hydrogens is 317 g/mol. The molecule has 0 saturated heterocycles. The van der Waals surface area contributed by atoms with E-state index in [4.69, 9.17) is 9.84 Å². The zero-order chi connectivity index (χ0) is 18.4. The van der Waals surface area contributed by atoms with E-state index in [1.54, 1.807) is 6.92 Å². The molecule has 0 aliphatic rings. The van der Waals surface area contributed by atoms with Gasteiger partial charge >= 0.3 is 11.9 Å². The van der Waals surface area contributed by atoms with Crippen LogP contribution in [0.4, 0.5) is 4.39 Å². The molecule has 0 atom stereocenters. The molecule has 1 rings (SSSR count). The smallest absolute Gasteiger partial charge is 0.355 e. The van der Waals surface area contributed by atoms with Crippen molar-refractivity contribution in [2.45, 2.75) is 13.8 Å². The third-order valence-electron chi connectivity index (χ3n) is 3.17. The van der Waals surface area contributed by atoms with Gasteiger partial charge in [0, 0.05) is 13.2 Å². The van der Waals surface area contributed by atoms with Crippen molar-refractivity contribution in [1.82, 2.24) is 4.57 Å². The van der Waals surface area contributed by atoms with E-state index in [0.717, 1.165) is 18.3 Å². The SMILES string of the molecule is C=C/C(F)=C\C=C(/C)c1c(C(=O)OCC)n(C)cc(C(=O)O)c1=O. The Morgan fingerprint density at radius 2 is 2.04 bits per heavy atom. The molecule has 1 aromatic heterocycles. The lowest BCUT2D eigenvalue weighted by atomic mass is 10.0. The van der Waals surface area contributed by atoms with Gasteiger partial charge in [0.15, 0.2) is 0 Å². The van der Waals surface area contributed by atoms with Gasteiger partial charge < -0.3 is 14.4 Å². The Morgan fingerprint density at radius 3 is 2.54 bits per heavy atom. The van der Waals surface area contributed by atoms with Crippen LogP contribution in [0, 0.1) is 0 Å². The fourth-order valence-corrected chi connectivity index (χ4v) is 2.06. The zero-order valence-electron chi connectivity index (χ0n) is 13.6. The summed E-state index contributed by atoms with van der Waals surface area (Å²) in [6.45, 7) is 6.42. The molecule has 0 aromatic carbocycles. The molecule has 0 saturated carbocycles. The number of allylic oxidation sites excluding steroid dienone is 5. The lowest BCUT2D eigenvalue weighted by Crippen LogP contribution is -2.27. The lowest BCUT2D eigenvalue weighted by Gasteiger charge is -2.14. The summed E-state index contributed by atoms with van der Waals surface area (Å²) in [5.41, 5.74) is -1.37. The van der Waals surface area contributed by atoms with Gasteiger partial charge in [0.25, 0.3) is 0 Å². The number of carboxylic acids is 1. The Hall–Kier alpha value is -2.96. The number of hydrogen-bond donors (Lipinski definition) is 1. The van der Waals surface area contributed by atoms with Gasteiger partial charge in [-0.25, -0.2) is 14.0 Å². The number of carbonyl (C=O) groups is 2. The molecule has 1 heterocycles. The molecule has 0 aliphatic carbocycles. The quantitative estimate of drug-likeness (QED) is 0.638. The maximum absolute atomic E-state index is 13.2. The molecule has 0 aliphatic heterocycles. The molecule has 0 fully saturated rings. The van der Waals surface area contributed by atoms with Gasteiger partial charge in [-0.05, 0) is 31.6 Å². The topological polar surface area (TPSA) is 85.6 Å². The van der Waals surface area contributed by atoms with E-state index in [0.29, 0.717) is 0 Å². The van der Waals surface area contributed by atoms with Gasteiger partial charge in [0.1, 0.15) is 17.1 Å². The molecule has 128 valence electrons. The van der Waals surface area contributed by atoms with Crippen LogP contribution in [0.25, 0.3) is 5.57 Å². The van der Waals surface area contributed by atoms with Crippen molar-refractivity contribution in [3.05, 3.63) is 63.9 Å². The highest BCUT2D eigenvalue weighted by Crippen LogP contribution is 2.18. The van der Waals surface area contributed by atoms with E-state index < -0.39 is 28.8 Å². The van der Waals surface area contributed by atoms with Crippen molar-refractivity contribution >= 4 is 17.5 Å². The lowest BCUT2D eigenvalue weighted by molar-refractivity contribution is 0.0511. The number of aromatic carboxylic acids is 1. The van der Waals surface area contributed by atoms with Crippen molar-refractivity contribution < 1.29 is 23.8 Å². The number of halogens is 1. The number of carboxylic acid groups (broad SMARTS) is 1. The van der Waals surface area contributed by atoms with Crippen molar-refractivity contribution in [2.75, 3.05) is 6.61 Å². The minimum Gasteiger partial charge on any atom is -0.477 e. The summed E-state index contributed by atoms with van der Waals surface area (Å²) in [5, 5.41) is 9.15. The molecule has 7 heteroatoms. The average molecular weight is 335 g/mol. The zero-order valence-corrected chi connectivity index (χ0v) is 13.6. The highest BCUT2D eigenvalue weighted by Gasteiger charge is 2.24. The number of aryl methyl sites for hydroxylation is 1. The van der Waals surface area contributed by atoms with Gasteiger partial charge in [-0.15, -0.1) is 0 Å². The predicted octanol–water partition coefficient (Wildman–Crippen LogP) is 2.70. The first kappa shape index (κ1) is 19.1. The van der Waals surface area contributed by atoms with Crippen LogP contribution in [-0.4, -0.2) is 28.2 Å². The van der Waals surface area contributed by atoms with E-state index in [2.05, 4.69) is 6.58 Å². The number of esters is 1. The summed E-state index contributed by atoms with van der Waals surface area (Å²) >= 11 is 0. The third kappa shape index (κ3) is 4.07. The predicted molar refractivity (Wildman–Crippen MR) is 87.6 cm³/mol. The summed E-state index contributed by atoms with van der Waals surface area (Å²) in [4.78, 5) is 35.9. The number of hydrogen-bond acceptors (Lipinski definition) is 4. The highest BCUT2D eigenvalue weighted by molar-refractivity contribution is 5.96. The number of ether oxygens (including phenoxy) is 1. The summed E-state index contributed by atoms with van der Waals surface area (Å²) < 4.78 is 19.3. The second kappa shape index (κ2) is 8.05. The van der Waals surface area contributed by atoms with Gasteiger partial charge in [-0.1, -0.05) is 12.7 Å². The molecule has 0 radical (unpaired) electrons. The average Bonchev–Trinajstić information content (AvgIpc) is 2.53. The fourth-order valence-electron chi connectivity index (χ4n) is 2.06. The molecule has 0 spiro atoms. The third-order valence-corrected chi connectivity index (χ3v) is 3.17. The Labute approximate surface area is 138 Å². The Bertz CT molecular complexity index is 802. The maximum atomic E-state index is 13.2. The monoisotopic (exact) mass is 335 g/mol. The molecule has 1 aromatic rings. The molecule has 0 unspecified atom stereocenters. The van der Waals surface area contributed by atoms with Crippen LogP contribution >= 0.6 is 0 Å². The summed E-state index contributed by atoms with van der Waals surface area (Å²) in [5.74, 6) is -2.84. The first-order chi connectivity index (χ1) is 11.2. The Balaban J connectivity index is 3.76. The summed E-state index contributed by atoms with van der Waals surface area (Å²) in [6.07, 6.45) is 4.35. The highest BCUT2D eigenvalue weighted by atomic mass is 19.1. The van der Waals surface area contributed by atoms with E-state index >= 15 is 0 Å². The van der Waals surface area contributed by atoms with Crippen LogP contribution in [0.15, 0.2) is 41.6 Å². The summed E-state index contributed by atoms with van der Waals surface area (Å²) in [7, 11) is 1.43. The number of aromatic nitrogens is 1. The number of carbonyl (C=O) groups excluding carboxylic acids is 1. The Kier molecular flexibility index (Phi) is 6.40. The molecular formula is C17H18FNO5. The second-order valence-electron chi connectivity index (χ2n) is 4.84. The molecule has 0 bridgehead atoms. The van der Waals surface area contributed by atoms with Crippen molar-refractivity contribution in [3.63, 3.8) is 0 Å². The summed E-state index contributed by atoms with van der Waals surface area (Å²) in [6, 6.07) is 0. The molecule has 1 N–H and O–H groups in total. The van der Waals surface area contributed by atoms with E-state index in [9.17, 15) is 18.8 Å². The van der Waals surface area contributed by atoms with Crippen LogP contribution in [-0.2, 0) is 11.8 Å². The Morgan fingerprint density at radius 1 is 1.42 bits per heavy atom. The fraction of sp³-hybridized carbons (Fsp3) is 0.235. The van der Waals surface area contributed by atoms with Gasteiger partial charge in [0.2, 0.25) is 5.43 Å². The van der Waals surface area contributed by atoms with Gasteiger partial charge in [0.05, 0.1) is 12.2 Å². The minimum absolute atomic E-state index is 0.0842. The maximum Gasteiger partial charge on any atom is 0.355 e. The van der Waals surface area contributed by atoms with Crippen LogP contribution in [0.5, 0.6) is 0 Å². The standard InChI is InChI=1S/C17H18FNO5/c1-5-11(18)8-7-10(3)13-14(17(23)24-6-2)19(4)9-12(15(13)20)16(21)22/h5,7-9H,1,6H2,2-4H3,(H,21,22)/b10-7+,11-8+. The van der Waals surface area contributed by atoms with Crippen molar-refractivity contribution in [2.24, 2.45) is 7.05 Å².